The molecule has 1 heterocycles. The van der Waals surface area contributed by atoms with E-state index in [9.17, 15) is 0 Å². The van der Waals surface area contributed by atoms with E-state index >= 15 is 0 Å². The summed E-state index contributed by atoms with van der Waals surface area (Å²) < 4.78 is 5.20. The Morgan fingerprint density at radius 1 is 1.80 bits per heavy atom. The van der Waals surface area contributed by atoms with Gasteiger partial charge in [0, 0.05) is 12.5 Å². The Labute approximate surface area is 60.2 Å². The van der Waals surface area contributed by atoms with Crippen LogP contribution in [0.15, 0.2) is 10.6 Å². The van der Waals surface area contributed by atoms with Crippen molar-refractivity contribution < 1.29 is 4.42 Å². The molecule has 0 aromatic carbocycles. The molecule has 0 bridgehead atoms. The van der Waals surface area contributed by atoms with Crippen LogP contribution in [-0.4, -0.2) is 11.0 Å². The summed E-state index contributed by atoms with van der Waals surface area (Å²) in [6.07, 6.45) is 2.42. The van der Waals surface area contributed by atoms with Crippen molar-refractivity contribution in [2.45, 2.75) is 26.3 Å². The van der Waals surface area contributed by atoms with Gasteiger partial charge >= 0.3 is 0 Å². The minimum atomic E-state index is 0.123. The number of rotatable bonds is 2. The molecule has 3 heteroatoms. The fourth-order valence-corrected chi connectivity index (χ4v) is 0.771. The maximum absolute atomic E-state index is 5.53. The van der Waals surface area contributed by atoms with Gasteiger partial charge in [-0.1, -0.05) is 0 Å². The first kappa shape index (κ1) is 7.28. The standard InChI is InChI=1S/C7H12N2O/c1-5(8)3-7-9-4-6(2)10-7/h4-5H,3,8H2,1-2H3. The zero-order valence-electron chi connectivity index (χ0n) is 6.29. The Morgan fingerprint density at radius 2 is 2.50 bits per heavy atom. The van der Waals surface area contributed by atoms with Crippen molar-refractivity contribution in [1.82, 2.24) is 4.98 Å². The van der Waals surface area contributed by atoms with Gasteiger partial charge in [-0.2, -0.15) is 0 Å². The van der Waals surface area contributed by atoms with Crippen LogP contribution in [0.2, 0.25) is 0 Å². The van der Waals surface area contributed by atoms with E-state index in [2.05, 4.69) is 4.98 Å². The van der Waals surface area contributed by atoms with Crippen LogP contribution in [0.1, 0.15) is 18.6 Å². The summed E-state index contributed by atoms with van der Waals surface area (Å²) in [5.41, 5.74) is 5.53. The maximum atomic E-state index is 5.53. The topological polar surface area (TPSA) is 52.0 Å². The third kappa shape index (κ3) is 1.84. The molecule has 1 aromatic rings. The summed E-state index contributed by atoms with van der Waals surface area (Å²) in [5, 5.41) is 0. The molecule has 1 unspecified atom stereocenters. The van der Waals surface area contributed by atoms with E-state index in [4.69, 9.17) is 10.2 Å². The first-order valence-electron chi connectivity index (χ1n) is 3.35. The van der Waals surface area contributed by atoms with Crippen molar-refractivity contribution in [3.8, 4) is 0 Å². The molecule has 0 aliphatic rings. The third-order valence-corrected chi connectivity index (χ3v) is 1.17. The Morgan fingerprint density at radius 3 is 2.90 bits per heavy atom. The van der Waals surface area contributed by atoms with Gasteiger partial charge in [-0.25, -0.2) is 4.98 Å². The smallest absolute Gasteiger partial charge is 0.195 e. The van der Waals surface area contributed by atoms with Gasteiger partial charge in [-0.15, -0.1) is 0 Å². The highest BCUT2D eigenvalue weighted by Crippen LogP contribution is 2.02. The monoisotopic (exact) mass is 140 g/mol. The zero-order valence-corrected chi connectivity index (χ0v) is 6.29. The molecule has 0 fully saturated rings. The Hall–Kier alpha value is -0.830. The van der Waals surface area contributed by atoms with Crippen LogP contribution in [0.4, 0.5) is 0 Å². The highest BCUT2D eigenvalue weighted by molar-refractivity contribution is 4.91. The van der Waals surface area contributed by atoms with Gasteiger partial charge in [0.2, 0.25) is 0 Å². The highest BCUT2D eigenvalue weighted by Gasteiger charge is 2.02. The quantitative estimate of drug-likeness (QED) is 0.663. The van der Waals surface area contributed by atoms with Crippen molar-refractivity contribution in [3.05, 3.63) is 17.8 Å². The second-order valence-electron chi connectivity index (χ2n) is 2.55. The molecule has 0 aliphatic heterocycles. The van der Waals surface area contributed by atoms with E-state index in [1.807, 2.05) is 13.8 Å². The third-order valence-electron chi connectivity index (χ3n) is 1.17. The van der Waals surface area contributed by atoms with E-state index in [0.717, 1.165) is 11.7 Å². The molecule has 0 saturated heterocycles. The van der Waals surface area contributed by atoms with Crippen LogP contribution in [-0.2, 0) is 6.42 Å². The largest absolute Gasteiger partial charge is 0.446 e. The van der Waals surface area contributed by atoms with E-state index in [1.165, 1.54) is 0 Å². The zero-order chi connectivity index (χ0) is 7.56. The van der Waals surface area contributed by atoms with Crippen molar-refractivity contribution in [2.75, 3.05) is 0 Å². The highest BCUT2D eigenvalue weighted by atomic mass is 16.4. The lowest BCUT2D eigenvalue weighted by Gasteiger charge is -1.97. The Balaban J connectivity index is 2.58. The summed E-state index contributed by atoms with van der Waals surface area (Å²) in [6.45, 7) is 3.80. The summed E-state index contributed by atoms with van der Waals surface area (Å²) >= 11 is 0. The van der Waals surface area contributed by atoms with E-state index in [-0.39, 0.29) is 6.04 Å². The second kappa shape index (κ2) is 2.84. The Kier molecular flexibility index (Phi) is 2.06. The molecule has 0 aliphatic carbocycles. The molecule has 0 saturated carbocycles. The lowest BCUT2D eigenvalue weighted by atomic mass is 10.2. The van der Waals surface area contributed by atoms with E-state index in [1.54, 1.807) is 6.20 Å². The number of hydrogen-bond donors (Lipinski definition) is 1. The van der Waals surface area contributed by atoms with Gasteiger partial charge < -0.3 is 10.2 Å². The molecule has 0 amide bonds. The van der Waals surface area contributed by atoms with Crippen LogP contribution >= 0.6 is 0 Å². The second-order valence-corrected chi connectivity index (χ2v) is 2.55. The first-order valence-corrected chi connectivity index (χ1v) is 3.35. The molecular weight excluding hydrogens is 128 g/mol. The fourth-order valence-electron chi connectivity index (χ4n) is 0.771. The summed E-state index contributed by atoms with van der Waals surface area (Å²) in [5.74, 6) is 1.57. The van der Waals surface area contributed by atoms with Gasteiger partial charge in [0.1, 0.15) is 5.76 Å². The van der Waals surface area contributed by atoms with Crippen molar-refractivity contribution in [3.63, 3.8) is 0 Å². The number of nitrogens with zero attached hydrogens (tertiary/aromatic N) is 1. The summed E-state index contributed by atoms with van der Waals surface area (Å²) in [4.78, 5) is 4.01. The predicted octanol–water partition coefficient (Wildman–Crippen LogP) is 0.873. The average molecular weight is 140 g/mol. The molecule has 0 spiro atoms. The molecule has 1 atom stereocenters. The molecule has 0 radical (unpaired) electrons. The molecule has 56 valence electrons. The number of aryl methyl sites for hydroxylation is 1. The summed E-state index contributed by atoms with van der Waals surface area (Å²) in [6, 6.07) is 0.123. The van der Waals surface area contributed by atoms with Crippen molar-refractivity contribution in [1.29, 1.82) is 0 Å². The van der Waals surface area contributed by atoms with Gasteiger partial charge in [0.15, 0.2) is 5.89 Å². The van der Waals surface area contributed by atoms with Crippen LogP contribution in [0.3, 0.4) is 0 Å². The van der Waals surface area contributed by atoms with Crippen LogP contribution in [0, 0.1) is 6.92 Å². The first-order chi connectivity index (χ1) is 4.68. The molecular formula is C7H12N2O. The van der Waals surface area contributed by atoms with Crippen LogP contribution < -0.4 is 5.73 Å². The normalized spacial score (nSPS) is 13.5. The van der Waals surface area contributed by atoms with Gasteiger partial charge in [0.05, 0.1) is 6.20 Å². The number of hydrogen-bond acceptors (Lipinski definition) is 3. The van der Waals surface area contributed by atoms with Gasteiger partial charge in [-0.3, -0.25) is 0 Å². The molecule has 3 nitrogen and oxygen atoms in total. The molecule has 2 N–H and O–H groups in total. The van der Waals surface area contributed by atoms with Gasteiger partial charge in [-0.05, 0) is 13.8 Å². The fraction of sp³-hybridized carbons (Fsp3) is 0.571. The molecule has 1 aromatic heterocycles. The minimum absolute atomic E-state index is 0.123. The number of nitrogens with two attached hydrogens (primary N) is 1. The van der Waals surface area contributed by atoms with Gasteiger partial charge in [0.25, 0.3) is 0 Å². The maximum Gasteiger partial charge on any atom is 0.195 e. The minimum Gasteiger partial charge on any atom is -0.446 e. The molecule has 1 rings (SSSR count). The van der Waals surface area contributed by atoms with Crippen LogP contribution in [0.25, 0.3) is 0 Å². The van der Waals surface area contributed by atoms with Crippen molar-refractivity contribution in [2.24, 2.45) is 5.73 Å². The number of aromatic nitrogens is 1. The van der Waals surface area contributed by atoms with Crippen molar-refractivity contribution >= 4 is 0 Å². The lowest BCUT2D eigenvalue weighted by molar-refractivity contribution is 0.457. The van der Waals surface area contributed by atoms with Crippen LogP contribution in [0.5, 0.6) is 0 Å². The molecule has 10 heavy (non-hydrogen) atoms. The Bertz CT molecular complexity index is 205. The van der Waals surface area contributed by atoms with E-state index in [0.29, 0.717) is 6.42 Å². The van der Waals surface area contributed by atoms with E-state index < -0.39 is 0 Å². The SMILES string of the molecule is Cc1cnc(CC(C)N)o1. The predicted molar refractivity (Wildman–Crippen MR) is 38.6 cm³/mol. The number of oxazole rings is 1. The average Bonchev–Trinajstić information content (AvgIpc) is 2.13. The summed E-state index contributed by atoms with van der Waals surface area (Å²) in [7, 11) is 0. The lowest BCUT2D eigenvalue weighted by Crippen LogP contribution is -2.17.